The maximum absolute atomic E-state index is 6.24. The summed E-state index contributed by atoms with van der Waals surface area (Å²) in [5.74, 6) is 0.861. The number of benzene rings is 3. The van der Waals surface area contributed by atoms with Gasteiger partial charge in [0.1, 0.15) is 17.4 Å². The lowest BCUT2D eigenvalue weighted by Gasteiger charge is -2.28. The predicted molar refractivity (Wildman–Crippen MR) is 125 cm³/mol. The highest BCUT2D eigenvalue weighted by Gasteiger charge is 2.21. The van der Waals surface area contributed by atoms with Crippen LogP contribution in [0.4, 0.5) is 5.69 Å². The summed E-state index contributed by atoms with van der Waals surface area (Å²) in [5, 5.41) is 11.3. The fourth-order valence-corrected chi connectivity index (χ4v) is 4.26. The highest BCUT2D eigenvalue weighted by atomic mass is 32.2. The van der Waals surface area contributed by atoms with Crippen molar-refractivity contribution in [3.8, 4) is 5.75 Å². The molecule has 1 aliphatic rings. The number of hydrogen-bond acceptors (Lipinski definition) is 9. The standard InChI is InChI=1S/C24H24N4O4S/c1-16(17-6-3-2-4-7-17)25-15-20-13-11-18-10-12-19(14-22(18)29-20)26-31-32-33-23-9-5-8-21-24(23)28-30-27-21/h2-10,12,14,16,20,25-26H,11,13,15H2,1H3. The maximum atomic E-state index is 6.24. The van der Waals surface area contributed by atoms with Gasteiger partial charge in [-0.15, -0.1) is 9.32 Å². The van der Waals surface area contributed by atoms with Gasteiger partial charge in [-0.3, -0.25) is 0 Å². The van der Waals surface area contributed by atoms with Gasteiger partial charge in [0.25, 0.3) is 0 Å². The van der Waals surface area contributed by atoms with Crippen LogP contribution in [0.5, 0.6) is 5.75 Å². The van der Waals surface area contributed by atoms with Crippen molar-refractivity contribution < 1.29 is 18.7 Å². The second-order valence-electron chi connectivity index (χ2n) is 7.87. The molecule has 0 spiro atoms. The normalized spacial score (nSPS) is 16.2. The van der Waals surface area contributed by atoms with Crippen molar-refractivity contribution >= 4 is 28.8 Å². The first-order valence-corrected chi connectivity index (χ1v) is 11.6. The average Bonchev–Trinajstić information content (AvgIpc) is 3.35. The Balaban J connectivity index is 1.12. The van der Waals surface area contributed by atoms with Crippen LogP contribution in [0.25, 0.3) is 11.0 Å². The first kappa shape index (κ1) is 21.7. The minimum absolute atomic E-state index is 0.114. The van der Waals surface area contributed by atoms with E-state index in [0.29, 0.717) is 11.0 Å². The minimum atomic E-state index is 0.114. The molecule has 2 heterocycles. The molecule has 8 nitrogen and oxygen atoms in total. The summed E-state index contributed by atoms with van der Waals surface area (Å²) in [4.78, 5) is 5.90. The van der Waals surface area contributed by atoms with E-state index >= 15 is 0 Å². The molecule has 0 amide bonds. The quantitative estimate of drug-likeness (QED) is 0.149. The Kier molecular flexibility index (Phi) is 6.73. The Labute approximate surface area is 195 Å². The highest BCUT2D eigenvalue weighted by molar-refractivity contribution is 7.94. The van der Waals surface area contributed by atoms with Crippen LogP contribution < -0.4 is 15.5 Å². The van der Waals surface area contributed by atoms with E-state index in [-0.39, 0.29) is 12.1 Å². The van der Waals surface area contributed by atoms with Crippen LogP contribution in [-0.4, -0.2) is 23.0 Å². The number of rotatable bonds is 9. The first-order chi connectivity index (χ1) is 16.3. The van der Waals surface area contributed by atoms with Crippen molar-refractivity contribution in [3.63, 3.8) is 0 Å². The summed E-state index contributed by atoms with van der Waals surface area (Å²) in [6, 6.07) is 22.1. The van der Waals surface area contributed by atoms with Gasteiger partial charge in [-0.1, -0.05) is 42.5 Å². The zero-order chi connectivity index (χ0) is 22.5. The lowest BCUT2D eigenvalue weighted by atomic mass is 10.0. The molecule has 0 radical (unpaired) electrons. The molecule has 2 unspecified atom stereocenters. The van der Waals surface area contributed by atoms with Gasteiger partial charge in [0.05, 0.1) is 22.6 Å². The van der Waals surface area contributed by atoms with Crippen LogP contribution in [-0.2, 0) is 15.7 Å². The summed E-state index contributed by atoms with van der Waals surface area (Å²) in [7, 11) is 0. The first-order valence-electron chi connectivity index (χ1n) is 10.8. The molecule has 0 fully saturated rings. The summed E-state index contributed by atoms with van der Waals surface area (Å²) >= 11 is 1.02. The van der Waals surface area contributed by atoms with Crippen LogP contribution in [0.3, 0.4) is 0 Å². The number of anilines is 1. The molecule has 5 rings (SSSR count). The number of aromatic nitrogens is 2. The summed E-state index contributed by atoms with van der Waals surface area (Å²) in [6.07, 6.45) is 2.07. The zero-order valence-electron chi connectivity index (χ0n) is 18.1. The van der Waals surface area contributed by atoms with Gasteiger partial charge >= 0.3 is 0 Å². The molecule has 0 saturated heterocycles. The third-order valence-corrected chi connectivity index (χ3v) is 6.26. The molecule has 3 aromatic carbocycles. The number of ether oxygens (including phenoxy) is 1. The topological polar surface area (TPSA) is 90.7 Å². The number of aryl methyl sites for hydroxylation is 1. The molecule has 33 heavy (non-hydrogen) atoms. The molecule has 1 aliphatic heterocycles. The van der Waals surface area contributed by atoms with E-state index in [4.69, 9.17) is 18.7 Å². The van der Waals surface area contributed by atoms with E-state index in [0.717, 1.165) is 47.8 Å². The predicted octanol–water partition coefficient (Wildman–Crippen LogP) is 5.25. The monoisotopic (exact) mass is 464 g/mol. The Morgan fingerprint density at radius 1 is 1.09 bits per heavy atom. The van der Waals surface area contributed by atoms with Gasteiger partial charge in [-0.25, -0.2) is 10.1 Å². The maximum Gasteiger partial charge on any atom is 0.151 e. The second kappa shape index (κ2) is 10.2. The van der Waals surface area contributed by atoms with Gasteiger partial charge < -0.3 is 10.1 Å². The summed E-state index contributed by atoms with van der Waals surface area (Å²) in [6.45, 7) is 2.95. The molecule has 9 heteroatoms. The lowest BCUT2D eigenvalue weighted by Crippen LogP contribution is -2.35. The number of nitrogens with one attached hydrogen (secondary N) is 2. The highest BCUT2D eigenvalue weighted by Crippen LogP contribution is 2.31. The molecular weight excluding hydrogens is 440 g/mol. The number of fused-ring (bicyclic) bond motifs is 2. The molecule has 4 aromatic rings. The van der Waals surface area contributed by atoms with E-state index in [1.807, 2.05) is 42.5 Å². The van der Waals surface area contributed by atoms with Crippen LogP contribution >= 0.6 is 12.0 Å². The molecule has 0 bridgehead atoms. The van der Waals surface area contributed by atoms with Crippen molar-refractivity contribution in [2.45, 2.75) is 36.8 Å². The van der Waals surface area contributed by atoms with Crippen molar-refractivity contribution in [1.29, 1.82) is 0 Å². The summed E-state index contributed by atoms with van der Waals surface area (Å²) in [5.41, 5.74) is 7.27. The van der Waals surface area contributed by atoms with E-state index in [1.165, 1.54) is 11.1 Å². The Hall–Kier alpha value is -3.11. The molecule has 0 saturated carbocycles. The van der Waals surface area contributed by atoms with Gasteiger partial charge in [-0.2, -0.15) is 0 Å². The number of nitrogens with zero attached hydrogens (tertiary/aromatic N) is 2. The lowest BCUT2D eigenvalue weighted by molar-refractivity contribution is -0.161. The van der Waals surface area contributed by atoms with E-state index in [1.54, 1.807) is 0 Å². The van der Waals surface area contributed by atoms with Gasteiger partial charge in [0.15, 0.2) is 5.52 Å². The molecule has 0 aliphatic carbocycles. The fraction of sp³-hybridized carbons (Fsp3) is 0.250. The molecule has 170 valence electrons. The molecule has 2 atom stereocenters. The molecule has 1 aromatic heterocycles. The second-order valence-corrected chi connectivity index (χ2v) is 8.61. The van der Waals surface area contributed by atoms with Gasteiger partial charge in [0.2, 0.25) is 0 Å². The number of hydrogen-bond donors (Lipinski definition) is 2. The van der Waals surface area contributed by atoms with Crippen LogP contribution in [0.15, 0.2) is 76.3 Å². The van der Waals surface area contributed by atoms with Crippen molar-refractivity contribution in [1.82, 2.24) is 15.6 Å². The largest absolute Gasteiger partial charge is 0.489 e. The zero-order valence-corrected chi connectivity index (χ0v) is 18.9. The molecule has 2 N–H and O–H groups in total. The van der Waals surface area contributed by atoms with Crippen LogP contribution in [0.1, 0.15) is 30.5 Å². The summed E-state index contributed by atoms with van der Waals surface area (Å²) < 4.78 is 16.2. The average molecular weight is 465 g/mol. The van der Waals surface area contributed by atoms with E-state index in [2.05, 4.69) is 52.3 Å². The van der Waals surface area contributed by atoms with Gasteiger partial charge in [-0.05, 0) is 59.4 Å². The molecular formula is C24H24N4O4S. The van der Waals surface area contributed by atoms with Crippen LogP contribution in [0.2, 0.25) is 0 Å². The Morgan fingerprint density at radius 3 is 2.91 bits per heavy atom. The van der Waals surface area contributed by atoms with E-state index in [9.17, 15) is 0 Å². The third-order valence-electron chi connectivity index (χ3n) is 5.61. The van der Waals surface area contributed by atoms with E-state index < -0.39 is 0 Å². The fourth-order valence-electron chi connectivity index (χ4n) is 3.77. The third kappa shape index (κ3) is 5.28. The van der Waals surface area contributed by atoms with Crippen molar-refractivity contribution in [3.05, 3.63) is 77.9 Å². The minimum Gasteiger partial charge on any atom is -0.489 e. The Morgan fingerprint density at radius 2 is 2.00 bits per heavy atom. The van der Waals surface area contributed by atoms with Crippen LogP contribution in [0, 0.1) is 0 Å². The Bertz CT molecular complexity index is 1200. The van der Waals surface area contributed by atoms with Crippen molar-refractivity contribution in [2.75, 3.05) is 12.0 Å². The smallest absolute Gasteiger partial charge is 0.151 e. The van der Waals surface area contributed by atoms with Gasteiger partial charge in [0, 0.05) is 18.7 Å². The van der Waals surface area contributed by atoms with Crippen molar-refractivity contribution in [2.24, 2.45) is 0 Å². The SMILES string of the molecule is CC(NCC1CCc2ccc(NOOSc3cccc4nonc34)cc2O1)c1ccccc1.